The first kappa shape index (κ1) is 41.3. The van der Waals surface area contributed by atoms with Crippen molar-refractivity contribution < 1.29 is 33.4 Å². The Kier molecular flexibility index (Phi) is 18.3. The number of unbranched alkanes of at least 4 members (excludes halogenated alkanes) is 9. The Bertz CT molecular complexity index is 1710. The van der Waals surface area contributed by atoms with E-state index in [2.05, 4.69) is 12.2 Å². The molecule has 4 rings (SSSR count). The zero-order valence-electron chi connectivity index (χ0n) is 31.3. The smallest absolute Gasteiger partial charge is 0.338 e. The van der Waals surface area contributed by atoms with Gasteiger partial charge in [0.1, 0.15) is 18.8 Å². The molecule has 0 aliphatic carbocycles. The Hall–Kier alpha value is -5.50. The first-order chi connectivity index (χ1) is 26.5. The average molecular weight is 732 g/mol. The largest absolute Gasteiger partial charge is 0.460 e. The topological polar surface area (TPSA) is 108 Å². The third-order valence-corrected chi connectivity index (χ3v) is 9.05. The fraction of sp³-hybridized carbons (Fsp3) is 0.348. The highest BCUT2D eigenvalue weighted by atomic mass is 16.6. The highest BCUT2D eigenvalue weighted by Crippen LogP contribution is 2.21. The molecule has 0 saturated carbocycles. The lowest BCUT2D eigenvalue weighted by Gasteiger charge is -2.33. The van der Waals surface area contributed by atoms with E-state index in [0.29, 0.717) is 16.7 Å². The molecule has 0 saturated heterocycles. The summed E-state index contributed by atoms with van der Waals surface area (Å²) in [5, 5.41) is 2.93. The van der Waals surface area contributed by atoms with Gasteiger partial charge in [0.05, 0.1) is 16.7 Å². The highest BCUT2D eigenvalue weighted by molar-refractivity contribution is 5.95. The lowest BCUT2D eigenvalue weighted by molar-refractivity contribution is -0.0543. The van der Waals surface area contributed by atoms with Crippen LogP contribution in [-0.2, 0) is 14.2 Å². The maximum Gasteiger partial charge on any atom is 0.338 e. The predicted octanol–water partition coefficient (Wildman–Crippen LogP) is 9.96. The van der Waals surface area contributed by atoms with Gasteiger partial charge in [-0.2, -0.15) is 0 Å². The first-order valence-corrected chi connectivity index (χ1v) is 19.2. The van der Waals surface area contributed by atoms with Crippen LogP contribution < -0.4 is 5.32 Å². The van der Waals surface area contributed by atoms with Crippen molar-refractivity contribution in [3.05, 3.63) is 156 Å². The molecule has 0 heterocycles. The third-order valence-electron chi connectivity index (χ3n) is 9.05. The molecule has 0 bridgehead atoms. The van der Waals surface area contributed by atoms with Gasteiger partial charge in [-0.05, 0) is 61.4 Å². The molecule has 4 aromatic carbocycles. The van der Waals surface area contributed by atoms with Crippen LogP contribution in [-0.4, -0.2) is 48.7 Å². The summed E-state index contributed by atoms with van der Waals surface area (Å²) in [7, 11) is 0. The fourth-order valence-electron chi connectivity index (χ4n) is 6.02. The van der Waals surface area contributed by atoms with Crippen molar-refractivity contribution in [1.82, 2.24) is 5.32 Å². The number of nitrogens with one attached hydrogen (secondary N) is 1. The van der Waals surface area contributed by atoms with E-state index in [4.69, 9.17) is 14.2 Å². The number of hydrogen-bond acceptors (Lipinski definition) is 7. The standard InChI is InChI=1S/C46H53NO7/c1-2-3-4-5-6-7-8-9-10-11-12-25-34-41(53-45(50)38-30-21-15-22-31-38)42(54-46(51)39-32-23-16-24-33-39)40(47-43(48)36-26-17-13-18-27-36)35-52-44(49)37-28-19-14-20-29-37/h12-33,40-42H,2-11,34-35H2,1H3,(H,47,48)/b25-12+/t40-,41+,42-/m0/s1. The summed E-state index contributed by atoms with van der Waals surface area (Å²) in [4.78, 5) is 54.1. The predicted molar refractivity (Wildman–Crippen MR) is 211 cm³/mol. The SMILES string of the molecule is CCCCCCCCCCC/C=C/C[C@@H](OC(=O)c1ccccc1)[C@@H](OC(=O)c1ccccc1)[C@H](COC(=O)c1ccccc1)NC(=O)c1ccccc1. The second-order valence-electron chi connectivity index (χ2n) is 13.3. The van der Waals surface area contributed by atoms with Crippen LogP contribution in [0.15, 0.2) is 133 Å². The molecule has 0 aliphatic rings. The molecule has 54 heavy (non-hydrogen) atoms. The van der Waals surface area contributed by atoms with E-state index in [1.54, 1.807) is 121 Å². The van der Waals surface area contributed by atoms with Crippen molar-refractivity contribution in [3.63, 3.8) is 0 Å². The van der Waals surface area contributed by atoms with Crippen molar-refractivity contribution in [2.24, 2.45) is 0 Å². The molecular formula is C46H53NO7. The van der Waals surface area contributed by atoms with E-state index in [1.807, 2.05) is 12.2 Å². The monoisotopic (exact) mass is 731 g/mol. The quantitative estimate of drug-likeness (QED) is 0.0350. The van der Waals surface area contributed by atoms with E-state index < -0.39 is 42.1 Å². The van der Waals surface area contributed by atoms with Crippen molar-refractivity contribution in [1.29, 1.82) is 0 Å². The van der Waals surface area contributed by atoms with Gasteiger partial charge in [0.2, 0.25) is 0 Å². The van der Waals surface area contributed by atoms with E-state index in [1.165, 1.54) is 44.9 Å². The van der Waals surface area contributed by atoms with Crippen molar-refractivity contribution in [2.75, 3.05) is 6.61 Å². The number of benzene rings is 4. The number of ether oxygens (including phenoxy) is 3. The summed E-state index contributed by atoms with van der Waals surface area (Å²) in [5.41, 5.74) is 1.25. The second kappa shape index (κ2) is 23.9. The summed E-state index contributed by atoms with van der Waals surface area (Å²) in [5.74, 6) is -2.41. The molecule has 0 radical (unpaired) electrons. The number of amides is 1. The molecule has 0 aliphatic heterocycles. The molecule has 0 fully saturated rings. The van der Waals surface area contributed by atoms with Crippen molar-refractivity contribution in [3.8, 4) is 0 Å². The molecule has 0 spiro atoms. The van der Waals surface area contributed by atoms with E-state index >= 15 is 0 Å². The van der Waals surface area contributed by atoms with Gasteiger partial charge in [-0.1, -0.05) is 143 Å². The van der Waals surface area contributed by atoms with Crippen LogP contribution in [0.2, 0.25) is 0 Å². The van der Waals surface area contributed by atoms with Gasteiger partial charge in [0, 0.05) is 12.0 Å². The fourth-order valence-corrected chi connectivity index (χ4v) is 6.02. The zero-order chi connectivity index (χ0) is 38.2. The number of rotatable bonds is 23. The normalized spacial score (nSPS) is 12.7. The summed E-state index contributed by atoms with van der Waals surface area (Å²) in [6.45, 7) is 1.85. The van der Waals surface area contributed by atoms with E-state index in [9.17, 15) is 19.2 Å². The van der Waals surface area contributed by atoms with Crippen molar-refractivity contribution in [2.45, 2.75) is 95.8 Å². The summed E-state index contributed by atoms with van der Waals surface area (Å²) in [6.07, 6.45) is 13.7. The minimum absolute atomic E-state index is 0.174. The van der Waals surface area contributed by atoms with Crippen LogP contribution >= 0.6 is 0 Å². The van der Waals surface area contributed by atoms with Gasteiger partial charge in [-0.3, -0.25) is 4.79 Å². The van der Waals surface area contributed by atoms with Crippen LogP contribution in [0.4, 0.5) is 0 Å². The molecule has 0 aromatic heterocycles. The Morgan fingerprint density at radius 2 is 0.981 bits per heavy atom. The minimum Gasteiger partial charge on any atom is -0.460 e. The van der Waals surface area contributed by atoms with Gasteiger partial charge < -0.3 is 19.5 Å². The maximum absolute atomic E-state index is 13.7. The van der Waals surface area contributed by atoms with Gasteiger partial charge in [-0.15, -0.1) is 0 Å². The maximum atomic E-state index is 13.7. The lowest BCUT2D eigenvalue weighted by Crippen LogP contribution is -2.54. The highest BCUT2D eigenvalue weighted by Gasteiger charge is 2.38. The number of hydrogen-bond donors (Lipinski definition) is 1. The summed E-state index contributed by atoms with van der Waals surface area (Å²) < 4.78 is 18.1. The summed E-state index contributed by atoms with van der Waals surface area (Å²) in [6, 6.07) is 32.9. The number of allylic oxidation sites excluding steroid dienone is 1. The zero-order valence-corrected chi connectivity index (χ0v) is 31.3. The van der Waals surface area contributed by atoms with E-state index in [0.717, 1.165) is 19.3 Å². The molecule has 284 valence electrons. The van der Waals surface area contributed by atoms with Crippen LogP contribution in [0, 0.1) is 0 Å². The van der Waals surface area contributed by atoms with Crippen LogP contribution in [0.3, 0.4) is 0 Å². The average Bonchev–Trinajstić information content (AvgIpc) is 3.22. The lowest BCUT2D eigenvalue weighted by atomic mass is 10.0. The second-order valence-corrected chi connectivity index (χ2v) is 13.3. The number of esters is 3. The molecule has 1 N–H and O–H groups in total. The van der Waals surface area contributed by atoms with Crippen LogP contribution in [0.5, 0.6) is 0 Å². The number of carbonyl (C=O) groups is 4. The van der Waals surface area contributed by atoms with Gasteiger partial charge >= 0.3 is 17.9 Å². The molecule has 0 unspecified atom stereocenters. The Balaban J connectivity index is 1.60. The molecule has 3 atom stereocenters. The Labute approximate surface area is 319 Å². The summed E-state index contributed by atoms with van der Waals surface area (Å²) >= 11 is 0. The Morgan fingerprint density at radius 3 is 1.50 bits per heavy atom. The molecule has 4 aromatic rings. The van der Waals surface area contributed by atoms with Crippen molar-refractivity contribution >= 4 is 23.8 Å². The van der Waals surface area contributed by atoms with Gasteiger partial charge in [-0.25, -0.2) is 14.4 Å². The minimum atomic E-state index is -1.26. The van der Waals surface area contributed by atoms with Gasteiger partial charge in [0.25, 0.3) is 5.91 Å². The molecule has 8 heteroatoms. The van der Waals surface area contributed by atoms with Gasteiger partial charge in [0.15, 0.2) is 6.10 Å². The molecule has 8 nitrogen and oxygen atoms in total. The molecular weight excluding hydrogens is 679 g/mol. The number of carbonyl (C=O) groups excluding carboxylic acids is 4. The molecule has 1 amide bonds. The first-order valence-electron chi connectivity index (χ1n) is 19.2. The van der Waals surface area contributed by atoms with Crippen LogP contribution in [0.25, 0.3) is 0 Å². The Morgan fingerprint density at radius 1 is 0.537 bits per heavy atom. The third kappa shape index (κ3) is 14.5. The van der Waals surface area contributed by atoms with E-state index in [-0.39, 0.29) is 18.6 Å². The van der Waals surface area contributed by atoms with Crippen LogP contribution in [0.1, 0.15) is 119 Å².